The van der Waals surface area contributed by atoms with Gasteiger partial charge >= 0.3 is 6.18 Å². The lowest BCUT2D eigenvalue weighted by molar-refractivity contribution is -0.137. The Balaban J connectivity index is 1.32. The van der Waals surface area contributed by atoms with E-state index in [-0.39, 0.29) is 12.3 Å². The quantitative estimate of drug-likeness (QED) is 0.462. The lowest BCUT2D eigenvalue weighted by Crippen LogP contribution is -2.49. The van der Waals surface area contributed by atoms with Gasteiger partial charge in [0.15, 0.2) is 0 Å². The van der Waals surface area contributed by atoms with Crippen LogP contribution in [0.1, 0.15) is 30.4 Å². The van der Waals surface area contributed by atoms with E-state index in [1.165, 1.54) is 12.1 Å². The summed E-state index contributed by atoms with van der Waals surface area (Å²) >= 11 is 0. The zero-order valence-corrected chi connectivity index (χ0v) is 18.6. The Hall–Kier alpha value is -3.32. The van der Waals surface area contributed by atoms with Crippen LogP contribution in [0.25, 0.3) is 0 Å². The SMILES string of the molecule is O=C1CC2(CCN(Cc3ccc(C(F)(F)F)cc3)CC2)Oc2ccccc2N1c1ccccc1. The van der Waals surface area contributed by atoms with Gasteiger partial charge in [0.2, 0.25) is 5.91 Å². The molecule has 0 radical (unpaired) electrons. The highest BCUT2D eigenvalue weighted by Gasteiger charge is 2.43. The topological polar surface area (TPSA) is 32.8 Å². The highest BCUT2D eigenvalue weighted by molar-refractivity contribution is 6.03. The predicted octanol–water partition coefficient (Wildman–Crippen LogP) is 6.19. The van der Waals surface area contributed by atoms with Gasteiger partial charge in [-0.05, 0) is 42.0 Å². The van der Waals surface area contributed by atoms with Gasteiger partial charge in [0.05, 0.1) is 17.7 Å². The molecule has 1 spiro atoms. The minimum Gasteiger partial charge on any atom is -0.484 e. The molecule has 2 heterocycles. The normalized spacial score (nSPS) is 18.3. The van der Waals surface area contributed by atoms with Crippen LogP contribution in [0.5, 0.6) is 5.75 Å². The molecule has 1 amide bonds. The van der Waals surface area contributed by atoms with Crippen molar-refractivity contribution in [3.63, 3.8) is 0 Å². The summed E-state index contributed by atoms with van der Waals surface area (Å²) in [5.41, 5.74) is 1.14. The predicted molar refractivity (Wildman–Crippen MR) is 124 cm³/mol. The number of ether oxygens (including phenoxy) is 1. The van der Waals surface area contributed by atoms with E-state index in [0.717, 1.165) is 29.1 Å². The molecule has 34 heavy (non-hydrogen) atoms. The van der Waals surface area contributed by atoms with Gasteiger partial charge in [0.25, 0.3) is 0 Å². The van der Waals surface area contributed by atoms with Crippen LogP contribution in [0.4, 0.5) is 24.5 Å². The Morgan fingerprint density at radius 2 is 1.50 bits per heavy atom. The van der Waals surface area contributed by atoms with Crippen molar-refractivity contribution < 1.29 is 22.7 Å². The van der Waals surface area contributed by atoms with E-state index in [1.54, 1.807) is 4.90 Å². The van der Waals surface area contributed by atoms with E-state index < -0.39 is 17.3 Å². The maximum Gasteiger partial charge on any atom is 0.416 e. The molecule has 1 fully saturated rings. The summed E-state index contributed by atoms with van der Waals surface area (Å²) in [7, 11) is 0. The van der Waals surface area contributed by atoms with Crippen LogP contribution in [0, 0.1) is 0 Å². The molecule has 0 atom stereocenters. The van der Waals surface area contributed by atoms with Gasteiger partial charge in [-0.2, -0.15) is 13.2 Å². The lowest BCUT2D eigenvalue weighted by Gasteiger charge is -2.40. The Bertz CT molecular complexity index is 1150. The van der Waals surface area contributed by atoms with Gasteiger partial charge in [0, 0.05) is 38.2 Å². The first kappa shape index (κ1) is 22.5. The van der Waals surface area contributed by atoms with Crippen molar-refractivity contribution in [1.29, 1.82) is 0 Å². The van der Waals surface area contributed by atoms with Crippen molar-refractivity contribution in [1.82, 2.24) is 4.90 Å². The number of carbonyl (C=O) groups is 1. The van der Waals surface area contributed by atoms with Crippen LogP contribution in [-0.2, 0) is 17.5 Å². The van der Waals surface area contributed by atoms with Crippen LogP contribution >= 0.6 is 0 Å². The number of fused-ring (bicyclic) bond motifs is 1. The van der Waals surface area contributed by atoms with E-state index in [4.69, 9.17) is 4.74 Å². The fraction of sp³-hybridized carbons (Fsp3) is 0.296. The number of nitrogens with zero attached hydrogens (tertiary/aromatic N) is 2. The highest BCUT2D eigenvalue weighted by Crippen LogP contribution is 2.43. The van der Waals surface area contributed by atoms with Crippen molar-refractivity contribution in [3.05, 3.63) is 90.0 Å². The smallest absolute Gasteiger partial charge is 0.416 e. The second kappa shape index (κ2) is 8.80. The van der Waals surface area contributed by atoms with Crippen molar-refractivity contribution in [2.75, 3.05) is 18.0 Å². The molecule has 0 saturated carbocycles. The molecule has 1 saturated heterocycles. The van der Waals surface area contributed by atoms with E-state index in [2.05, 4.69) is 4.90 Å². The molecule has 3 aromatic carbocycles. The number of hydrogen-bond donors (Lipinski definition) is 0. The summed E-state index contributed by atoms with van der Waals surface area (Å²) in [4.78, 5) is 17.4. The van der Waals surface area contributed by atoms with Gasteiger partial charge in [0.1, 0.15) is 11.4 Å². The van der Waals surface area contributed by atoms with Crippen molar-refractivity contribution >= 4 is 17.3 Å². The van der Waals surface area contributed by atoms with Gasteiger partial charge in [-0.1, -0.05) is 42.5 Å². The molecule has 4 nitrogen and oxygen atoms in total. The molecule has 5 rings (SSSR count). The van der Waals surface area contributed by atoms with Crippen molar-refractivity contribution in [3.8, 4) is 5.75 Å². The molecular formula is C27H25F3N2O2. The number of likely N-dealkylation sites (tertiary alicyclic amines) is 1. The molecule has 2 aliphatic rings. The largest absolute Gasteiger partial charge is 0.484 e. The molecule has 0 bridgehead atoms. The van der Waals surface area contributed by atoms with Crippen molar-refractivity contribution in [2.24, 2.45) is 0 Å². The van der Waals surface area contributed by atoms with Crippen LogP contribution < -0.4 is 9.64 Å². The lowest BCUT2D eigenvalue weighted by atomic mass is 9.87. The number of hydrogen-bond acceptors (Lipinski definition) is 3. The fourth-order valence-electron chi connectivity index (χ4n) is 4.80. The second-order valence-corrected chi connectivity index (χ2v) is 8.97. The number of piperidine rings is 1. The van der Waals surface area contributed by atoms with Gasteiger partial charge in [-0.15, -0.1) is 0 Å². The number of alkyl halides is 3. The monoisotopic (exact) mass is 466 g/mol. The number of rotatable bonds is 3. The Labute approximate surface area is 196 Å². The molecule has 0 aromatic heterocycles. The zero-order valence-electron chi connectivity index (χ0n) is 18.6. The van der Waals surface area contributed by atoms with Crippen LogP contribution in [0.2, 0.25) is 0 Å². The number of halogens is 3. The van der Waals surface area contributed by atoms with E-state index in [9.17, 15) is 18.0 Å². The summed E-state index contributed by atoms with van der Waals surface area (Å²) in [6.07, 6.45) is -2.74. The Morgan fingerprint density at radius 3 is 2.18 bits per heavy atom. The van der Waals surface area contributed by atoms with E-state index in [1.807, 2.05) is 54.6 Å². The fourth-order valence-corrected chi connectivity index (χ4v) is 4.80. The van der Waals surface area contributed by atoms with Crippen LogP contribution in [-0.4, -0.2) is 29.5 Å². The Kier molecular flexibility index (Phi) is 5.81. The van der Waals surface area contributed by atoms with E-state index >= 15 is 0 Å². The maximum absolute atomic E-state index is 13.5. The van der Waals surface area contributed by atoms with E-state index in [0.29, 0.717) is 38.2 Å². The third-order valence-corrected chi connectivity index (χ3v) is 6.62. The third-order valence-electron chi connectivity index (χ3n) is 6.62. The van der Waals surface area contributed by atoms with Crippen LogP contribution in [0.3, 0.4) is 0 Å². The summed E-state index contributed by atoms with van der Waals surface area (Å²) in [5.74, 6) is 0.681. The van der Waals surface area contributed by atoms with Crippen LogP contribution in [0.15, 0.2) is 78.9 Å². The van der Waals surface area contributed by atoms with Gasteiger partial charge in [-0.3, -0.25) is 14.6 Å². The number of benzene rings is 3. The van der Waals surface area contributed by atoms with Gasteiger partial charge in [-0.25, -0.2) is 0 Å². The molecular weight excluding hydrogens is 441 g/mol. The average Bonchev–Trinajstić information content (AvgIpc) is 2.94. The zero-order chi connectivity index (χ0) is 23.8. The highest BCUT2D eigenvalue weighted by atomic mass is 19.4. The Morgan fingerprint density at radius 1 is 0.853 bits per heavy atom. The van der Waals surface area contributed by atoms with Crippen molar-refractivity contribution in [2.45, 2.75) is 37.6 Å². The summed E-state index contributed by atoms with van der Waals surface area (Å²) in [6, 6.07) is 22.5. The molecule has 3 aromatic rings. The summed E-state index contributed by atoms with van der Waals surface area (Å²) < 4.78 is 45.0. The molecule has 0 aliphatic carbocycles. The first-order valence-corrected chi connectivity index (χ1v) is 11.4. The maximum atomic E-state index is 13.5. The number of para-hydroxylation sites is 3. The number of carbonyl (C=O) groups excluding carboxylic acids is 1. The molecule has 0 unspecified atom stereocenters. The molecule has 0 N–H and O–H groups in total. The molecule has 2 aliphatic heterocycles. The number of anilines is 2. The summed E-state index contributed by atoms with van der Waals surface area (Å²) in [5, 5.41) is 0. The minimum atomic E-state index is -4.33. The minimum absolute atomic E-state index is 0.00709. The number of amides is 1. The third kappa shape index (κ3) is 4.53. The van der Waals surface area contributed by atoms with Gasteiger partial charge < -0.3 is 4.74 Å². The standard InChI is InChI=1S/C27H25F3N2O2/c28-27(29,30)21-12-10-20(11-13-21)19-31-16-14-26(15-17-31)18-25(33)32(22-6-2-1-3-7-22)23-8-4-5-9-24(23)34-26/h1-13H,14-19H2. The molecule has 7 heteroatoms. The summed E-state index contributed by atoms with van der Waals surface area (Å²) in [6.45, 7) is 1.96. The second-order valence-electron chi connectivity index (χ2n) is 8.97. The average molecular weight is 467 g/mol. The first-order valence-electron chi connectivity index (χ1n) is 11.4. The molecule has 176 valence electrons. The first-order chi connectivity index (χ1) is 16.3.